The molecule has 8 rings (SSSR count). The predicted molar refractivity (Wildman–Crippen MR) is 227 cm³/mol. The number of piperazine rings is 1. The second kappa shape index (κ2) is 18.1. The van der Waals surface area contributed by atoms with Crippen LogP contribution in [0, 0.1) is 17.7 Å². The molecule has 62 heavy (non-hydrogen) atoms. The summed E-state index contributed by atoms with van der Waals surface area (Å²) < 4.78 is 51.0. The fourth-order valence-electron chi connectivity index (χ4n) is 9.68. The Balaban J connectivity index is 0.815. The maximum atomic E-state index is 15.3. The number of hydrogen-bond donors (Lipinski definition) is 3. The van der Waals surface area contributed by atoms with Crippen molar-refractivity contribution in [2.75, 3.05) is 86.5 Å². The van der Waals surface area contributed by atoms with Gasteiger partial charge in [0.25, 0.3) is 11.8 Å². The van der Waals surface area contributed by atoms with Gasteiger partial charge in [-0.2, -0.15) is 13.8 Å². The standard InChI is InChI=1S/C44H55F3N10O5/c1-27(25-54-18-20-55(21-19-54)35-12-9-29(22-33(35)45)32-10-13-38(58)50-41(32)60)28-14-16-56(17-15-28)52-40(59)30-8-11-34(37(23-30)62-3)49-43-48-24-36-39(51-43)57(31-6-4-5-7-31)26-44(46,47)42(61)53(36)2/h8-9,11-12,22-24,27-28,31-32H,4-7,10,13-21,25-26H2,1-3H3,(H,52,59)(H,48,49,51)(H,50,58,60)/t27-,32?/m1/s1. The van der Waals surface area contributed by atoms with Gasteiger partial charge in [-0.3, -0.25) is 34.8 Å². The lowest BCUT2D eigenvalue weighted by atomic mass is 9.85. The maximum Gasteiger partial charge on any atom is 0.342 e. The average Bonchev–Trinajstić information content (AvgIpc) is 3.79. The molecule has 0 spiro atoms. The van der Waals surface area contributed by atoms with Gasteiger partial charge in [-0.25, -0.2) is 14.4 Å². The highest BCUT2D eigenvalue weighted by molar-refractivity contribution is 6.02. The van der Waals surface area contributed by atoms with Crippen LogP contribution in [0.2, 0.25) is 0 Å². The first kappa shape index (κ1) is 43.2. The minimum atomic E-state index is -3.58. The van der Waals surface area contributed by atoms with Crippen molar-refractivity contribution in [3.8, 4) is 5.75 Å². The molecule has 1 aliphatic carbocycles. The fraction of sp³-hybridized carbons (Fsp3) is 0.545. The molecule has 1 unspecified atom stereocenters. The number of amides is 4. The van der Waals surface area contributed by atoms with Gasteiger partial charge in [-0.15, -0.1) is 0 Å². The zero-order chi connectivity index (χ0) is 43.7. The van der Waals surface area contributed by atoms with Crippen molar-refractivity contribution in [3.05, 3.63) is 59.5 Å². The smallest absolute Gasteiger partial charge is 0.342 e. The molecule has 0 radical (unpaired) electrons. The van der Waals surface area contributed by atoms with Gasteiger partial charge >= 0.3 is 5.92 Å². The molecule has 5 aliphatic rings. The van der Waals surface area contributed by atoms with Gasteiger partial charge in [0.15, 0.2) is 5.82 Å². The lowest BCUT2D eigenvalue weighted by Gasteiger charge is -2.40. The Morgan fingerprint density at radius 2 is 1.71 bits per heavy atom. The first-order valence-electron chi connectivity index (χ1n) is 21.7. The van der Waals surface area contributed by atoms with E-state index in [1.54, 1.807) is 35.2 Å². The number of anilines is 5. The molecule has 15 nitrogen and oxygen atoms in total. The van der Waals surface area contributed by atoms with E-state index >= 15 is 13.2 Å². The van der Waals surface area contributed by atoms with Gasteiger partial charge in [0.2, 0.25) is 17.8 Å². The Morgan fingerprint density at radius 1 is 0.968 bits per heavy atom. The number of fused-ring (bicyclic) bond motifs is 1. The molecule has 332 valence electrons. The number of carbonyl (C=O) groups excluding carboxylic acids is 4. The van der Waals surface area contributed by atoms with Crippen molar-refractivity contribution >= 4 is 52.5 Å². The molecule has 1 saturated carbocycles. The molecule has 1 aromatic heterocycles. The minimum absolute atomic E-state index is 0.138. The van der Waals surface area contributed by atoms with Gasteiger partial charge in [0, 0.05) is 70.9 Å². The lowest BCUT2D eigenvalue weighted by Crippen LogP contribution is -2.50. The van der Waals surface area contributed by atoms with Crippen molar-refractivity contribution in [1.29, 1.82) is 0 Å². The predicted octanol–water partition coefficient (Wildman–Crippen LogP) is 5.06. The third-order valence-electron chi connectivity index (χ3n) is 13.3. The van der Waals surface area contributed by atoms with Crippen LogP contribution < -0.4 is 35.5 Å². The zero-order valence-corrected chi connectivity index (χ0v) is 35.5. The Bertz CT molecular complexity index is 2170. The van der Waals surface area contributed by atoms with Gasteiger partial charge in [-0.05, 0) is 79.8 Å². The van der Waals surface area contributed by atoms with Crippen LogP contribution in [0.25, 0.3) is 0 Å². The van der Waals surface area contributed by atoms with Crippen LogP contribution in [-0.2, 0) is 14.4 Å². The SMILES string of the molecule is COc1cc(C(=O)NN2CCC([C@H](C)CN3CCN(c4ccc(C5CCC(=O)NC5=O)cc4F)CC3)CC2)ccc1Nc1ncc2c(n1)N(C1CCCC1)CC(F)(F)C(=O)N2C. The van der Waals surface area contributed by atoms with E-state index in [0.29, 0.717) is 72.7 Å². The molecule has 0 bridgehead atoms. The quantitative estimate of drug-likeness (QED) is 0.221. The third kappa shape index (κ3) is 9.16. The lowest BCUT2D eigenvalue weighted by molar-refractivity contribution is -0.140. The van der Waals surface area contributed by atoms with Crippen LogP contribution in [0.3, 0.4) is 0 Å². The van der Waals surface area contributed by atoms with E-state index in [4.69, 9.17) is 4.74 Å². The number of benzene rings is 2. The summed E-state index contributed by atoms with van der Waals surface area (Å²) >= 11 is 0. The fourth-order valence-corrected chi connectivity index (χ4v) is 9.68. The third-order valence-corrected chi connectivity index (χ3v) is 13.3. The first-order valence-corrected chi connectivity index (χ1v) is 21.7. The van der Waals surface area contributed by atoms with Crippen LogP contribution in [0.1, 0.15) is 80.1 Å². The number of imide groups is 1. The molecule has 2 aromatic carbocycles. The van der Waals surface area contributed by atoms with Gasteiger partial charge in [0.05, 0.1) is 37.1 Å². The summed E-state index contributed by atoms with van der Waals surface area (Å²) in [7, 11) is 2.80. The second-order valence-electron chi connectivity index (χ2n) is 17.3. The Kier molecular flexibility index (Phi) is 12.6. The number of alkyl halides is 2. The van der Waals surface area contributed by atoms with Crippen molar-refractivity contribution < 1.29 is 37.1 Å². The number of piperidine rings is 2. The van der Waals surface area contributed by atoms with Crippen molar-refractivity contribution in [2.24, 2.45) is 11.8 Å². The van der Waals surface area contributed by atoms with Gasteiger partial charge < -0.3 is 24.8 Å². The van der Waals surface area contributed by atoms with E-state index in [1.165, 1.54) is 26.4 Å². The monoisotopic (exact) mass is 860 g/mol. The topological polar surface area (TPSA) is 156 Å². The van der Waals surface area contributed by atoms with Gasteiger partial charge in [-0.1, -0.05) is 25.8 Å². The number of hydrazine groups is 1. The van der Waals surface area contributed by atoms with Crippen LogP contribution in [-0.4, -0.2) is 122 Å². The van der Waals surface area contributed by atoms with E-state index in [-0.39, 0.29) is 53.5 Å². The molecular formula is C44H55F3N10O5. The number of aromatic nitrogens is 2. The molecule has 4 fully saturated rings. The molecule has 4 aliphatic heterocycles. The number of hydrogen-bond acceptors (Lipinski definition) is 12. The number of halogens is 3. The van der Waals surface area contributed by atoms with E-state index in [1.807, 2.05) is 5.01 Å². The summed E-state index contributed by atoms with van der Waals surface area (Å²) in [6.07, 6.45) is 7.17. The van der Waals surface area contributed by atoms with Crippen molar-refractivity contribution in [1.82, 2.24) is 30.6 Å². The van der Waals surface area contributed by atoms with Crippen molar-refractivity contribution in [2.45, 2.75) is 76.2 Å². The summed E-state index contributed by atoms with van der Waals surface area (Å²) in [4.78, 5) is 65.9. The first-order chi connectivity index (χ1) is 29.8. The molecule has 3 saturated heterocycles. The normalized spacial score (nSPS) is 22.3. The maximum absolute atomic E-state index is 15.3. The molecule has 2 atom stereocenters. The van der Waals surface area contributed by atoms with E-state index in [2.05, 4.69) is 42.8 Å². The number of nitrogens with one attached hydrogen (secondary N) is 3. The number of methoxy groups -OCH3 is 1. The Labute approximate surface area is 359 Å². The van der Waals surface area contributed by atoms with Crippen LogP contribution in [0.5, 0.6) is 5.75 Å². The molecule has 5 heterocycles. The number of nitrogens with zero attached hydrogens (tertiary/aromatic N) is 7. The number of carbonyl (C=O) groups is 4. The summed E-state index contributed by atoms with van der Waals surface area (Å²) in [5.74, 6) is -4.99. The van der Waals surface area contributed by atoms with Crippen molar-refractivity contribution in [3.63, 3.8) is 0 Å². The van der Waals surface area contributed by atoms with E-state index < -0.39 is 24.3 Å². The molecule has 4 amide bonds. The summed E-state index contributed by atoms with van der Waals surface area (Å²) in [6.45, 7) is 6.88. The molecule has 3 aromatic rings. The summed E-state index contributed by atoms with van der Waals surface area (Å²) in [6, 6.07) is 9.79. The van der Waals surface area contributed by atoms with E-state index in [0.717, 1.165) is 63.1 Å². The zero-order valence-electron chi connectivity index (χ0n) is 35.5. The van der Waals surface area contributed by atoms with Gasteiger partial charge in [0.1, 0.15) is 17.3 Å². The van der Waals surface area contributed by atoms with E-state index in [9.17, 15) is 19.2 Å². The highest BCUT2D eigenvalue weighted by atomic mass is 19.3. The average molecular weight is 861 g/mol. The minimum Gasteiger partial charge on any atom is -0.495 e. The highest BCUT2D eigenvalue weighted by Crippen LogP contribution is 2.40. The summed E-state index contributed by atoms with van der Waals surface area (Å²) in [5.41, 5.74) is 5.25. The van der Waals surface area contributed by atoms with Crippen LogP contribution in [0.15, 0.2) is 42.6 Å². The van der Waals surface area contributed by atoms with Crippen LogP contribution >= 0.6 is 0 Å². The second-order valence-corrected chi connectivity index (χ2v) is 17.3. The Hall–Kier alpha value is -5.49. The summed E-state index contributed by atoms with van der Waals surface area (Å²) in [5, 5.41) is 7.42. The largest absolute Gasteiger partial charge is 0.495 e. The Morgan fingerprint density at radius 3 is 2.40 bits per heavy atom. The molecular weight excluding hydrogens is 806 g/mol. The molecule has 3 N–H and O–H groups in total. The number of ether oxygens (including phenoxy) is 1. The van der Waals surface area contributed by atoms with Crippen LogP contribution in [0.4, 0.5) is 42.0 Å². The highest BCUT2D eigenvalue weighted by Gasteiger charge is 2.49. The molecule has 18 heteroatoms. The number of rotatable bonds is 11.